The molecule has 2 aromatic rings. The minimum Gasteiger partial charge on any atom is -0.497 e. The van der Waals surface area contributed by atoms with Crippen molar-refractivity contribution < 1.29 is 9.53 Å². The molecular weight excluding hydrogens is 336 g/mol. The zero-order chi connectivity index (χ0) is 19.0. The molecule has 0 spiro atoms. The zero-order valence-electron chi connectivity index (χ0n) is 16.0. The largest absolute Gasteiger partial charge is 0.497 e. The van der Waals surface area contributed by atoms with E-state index in [9.17, 15) is 4.79 Å². The van der Waals surface area contributed by atoms with Crippen LogP contribution in [0.5, 0.6) is 5.75 Å². The maximum absolute atomic E-state index is 11.7. The molecule has 0 radical (unpaired) electrons. The lowest BCUT2D eigenvalue weighted by Gasteiger charge is -2.31. The molecule has 1 heterocycles. The SMILES string of the molecule is COc1ccc2c(c1)C1=NN(/C(C)=C\C(C)=O)C(c3ccccc3)C1CC2. The summed E-state index contributed by atoms with van der Waals surface area (Å²) in [5.41, 5.74) is 5.68. The Hall–Kier alpha value is -2.88. The van der Waals surface area contributed by atoms with E-state index in [1.807, 2.05) is 24.1 Å². The summed E-state index contributed by atoms with van der Waals surface area (Å²) in [5.74, 6) is 1.18. The highest BCUT2D eigenvalue weighted by Gasteiger charge is 2.42. The van der Waals surface area contributed by atoms with Gasteiger partial charge in [-0.25, -0.2) is 0 Å². The van der Waals surface area contributed by atoms with Crippen LogP contribution in [0.1, 0.15) is 43.0 Å². The van der Waals surface area contributed by atoms with Crippen molar-refractivity contribution in [1.29, 1.82) is 0 Å². The number of carbonyl (C=O) groups excluding carboxylic acids is 1. The fourth-order valence-corrected chi connectivity index (χ4v) is 4.25. The molecule has 0 aromatic heterocycles. The molecule has 4 rings (SSSR count). The Balaban J connectivity index is 1.83. The van der Waals surface area contributed by atoms with Gasteiger partial charge in [0.1, 0.15) is 5.75 Å². The second kappa shape index (κ2) is 7.03. The molecule has 4 nitrogen and oxygen atoms in total. The fraction of sp³-hybridized carbons (Fsp3) is 0.304. The van der Waals surface area contributed by atoms with Crippen molar-refractivity contribution in [3.63, 3.8) is 0 Å². The number of hydrogen-bond donors (Lipinski definition) is 0. The van der Waals surface area contributed by atoms with E-state index in [4.69, 9.17) is 9.84 Å². The Kier molecular flexibility index (Phi) is 4.56. The molecule has 27 heavy (non-hydrogen) atoms. The van der Waals surface area contributed by atoms with Gasteiger partial charge in [-0.15, -0.1) is 0 Å². The van der Waals surface area contributed by atoms with Gasteiger partial charge in [-0.3, -0.25) is 9.80 Å². The number of ether oxygens (including phenoxy) is 1. The van der Waals surface area contributed by atoms with Crippen LogP contribution in [0.3, 0.4) is 0 Å². The lowest BCUT2D eigenvalue weighted by molar-refractivity contribution is -0.112. The van der Waals surface area contributed by atoms with Gasteiger partial charge in [0.05, 0.1) is 18.9 Å². The van der Waals surface area contributed by atoms with Crippen molar-refractivity contribution in [1.82, 2.24) is 5.01 Å². The van der Waals surface area contributed by atoms with Crippen LogP contribution in [-0.4, -0.2) is 23.6 Å². The molecule has 2 atom stereocenters. The number of hydrogen-bond acceptors (Lipinski definition) is 4. The van der Waals surface area contributed by atoms with Gasteiger partial charge in [-0.1, -0.05) is 36.4 Å². The van der Waals surface area contributed by atoms with Gasteiger partial charge in [0.25, 0.3) is 0 Å². The molecular formula is C23H24N2O2. The Morgan fingerprint density at radius 1 is 1.19 bits per heavy atom. The first kappa shape index (κ1) is 17.5. The van der Waals surface area contributed by atoms with Gasteiger partial charge in [0.2, 0.25) is 0 Å². The first-order valence-corrected chi connectivity index (χ1v) is 9.37. The van der Waals surface area contributed by atoms with Gasteiger partial charge in [-0.05, 0) is 49.9 Å². The summed E-state index contributed by atoms with van der Waals surface area (Å²) < 4.78 is 5.44. The first-order valence-electron chi connectivity index (χ1n) is 9.37. The standard InChI is InChI=1S/C23H24N2O2/c1-15(13-16(2)26)25-23(18-7-5-4-6-8-18)20-12-10-17-9-11-19(27-3)14-21(17)22(20)24-25/h4-9,11,13-14,20,23H,10,12H2,1-3H3/b15-13-. The third-order valence-corrected chi connectivity index (χ3v) is 5.44. The minimum atomic E-state index is 0.0384. The average molecular weight is 360 g/mol. The summed E-state index contributed by atoms with van der Waals surface area (Å²) in [6, 6.07) is 16.8. The van der Waals surface area contributed by atoms with Crippen LogP contribution in [0.2, 0.25) is 0 Å². The zero-order valence-corrected chi connectivity index (χ0v) is 16.0. The van der Waals surface area contributed by atoms with E-state index in [0.717, 1.165) is 30.0 Å². The second-order valence-electron chi connectivity index (χ2n) is 7.25. The van der Waals surface area contributed by atoms with Gasteiger partial charge in [0, 0.05) is 23.3 Å². The number of fused-ring (bicyclic) bond motifs is 3. The molecule has 0 fully saturated rings. The molecule has 2 unspecified atom stereocenters. The minimum absolute atomic E-state index is 0.0384. The smallest absolute Gasteiger partial charge is 0.154 e. The van der Waals surface area contributed by atoms with Crippen molar-refractivity contribution in [3.05, 3.63) is 77.0 Å². The normalized spacial score (nSPS) is 21.4. The number of allylic oxidation sites excluding steroid dienone is 2. The highest BCUT2D eigenvalue weighted by molar-refractivity contribution is 6.06. The quantitative estimate of drug-likeness (QED) is 0.753. The van der Waals surface area contributed by atoms with E-state index in [1.54, 1.807) is 20.1 Å². The lowest BCUT2D eigenvalue weighted by atomic mass is 9.77. The van der Waals surface area contributed by atoms with E-state index < -0.39 is 0 Å². The van der Waals surface area contributed by atoms with Crippen molar-refractivity contribution in [2.75, 3.05) is 7.11 Å². The van der Waals surface area contributed by atoms with E-state index in [-0.39, 0.29) is 11.8 Å². The Labute approximate surface area is 160 Å². The molecule has 1 aliphatic carbocycles. The highest BCUT2D eigenvalue weighted by atomic mass is 16.5. The van der Waals surface area contributed by atoms with Crippen LogP contribution in [0.15, 0.2) is 65.4 Å². The summed E-state index contributed by atoms with van der Waals surface area (Å²) in [6.45, 7) is 3.54. The van der Waals surface area contributed by atoms with Gasteiger partial charge in [0.15, 0.2) is 5.78 Å². The van der Waals surface area contributed by atoms with Crippen molar-refractivity contribution in [3.8, 4) is 5.75 Å². The molecule has 2 aromatic carbocycles. The molecule has 4 heteroatoms. The van der Waals surface area contributed by atoms with Crippen LogP contribution in [0.25, 0.3) is 0 Å². The maximum atomic E-state index is 11.7. The average Bonchev–Trinajstić information content (AvgIpc) is 3.08. The Morgan fingerprint density at radius 3 is 2.67 bits per heavy atom. The highest BCUT2D eigenvalue weighted by Crippen LogP contribution is 2.45. The summed E-state index contributed by atoms with van der Waals surface area (Å²) in [7, 11) is 1.69. The molecule has 0 bridgehead atoms. The Morgan fingerprint density at radius 2 is 1.96 bits per heavy atom. The number of hydrazone groups is 1. The number of nitrogens with zero attached hydrogens (tertiary/aromatic N) is 2. The van der Waals surface area contributed by atoms with E-state index in [0.29, 0.717) is 5.92 Å². The molecule has 0 N–H and O–H groups in total. The monoisotopic (exact) mass is 360 g/mol. The summed E-state index contributed by atoms with van der Waals surface area (Å²) in [4.78, 5) is 11.7. The summed E-state index contributed by atoms with van der Waals surface area (Å²) in [6.07, 6.45) is 3.74. The summed E-state index contributed by atoms with van der Waals surface area (Å²) >= 11 is 0. The third kappa shape index (κ3) is 3.16. The van der Waals surface area contributed by atoms with Crippen molar-refractivity contribution in [2.45, 2.75) is 32.7 Å². The number of benzene rings is 2. The van der Waals surface area contributed by atoms with E-state index in [1.165, 1.54) is 16.7 Å². The predicted octanol–water partition coefficient (Wildman–Crippen LogP) is 4.51. The van der Waals surface area contributed by atoms with E-state index in [2.05, 4.69) is 36.4 Å². The third-order valence-electron chi connectivity index (χ3n) is 5.44. The van der Waals surface area contributed by atoms with E-state index >= 15 is 0 Å². The molecule has 0 saturated carbocycles. The van der Waals surface area contributed by atoms with Gasteiger partial charge in [-0.2, -0.15) is 5.10 Å². The molecule has 0 amide bonds. The number of ketones is 1. The second-order valence-corrected chi connectivity index (χ2v) is 7.25. The van der Waals surface area contributed by atoms with Gasteiger partial charge < -0.3 is 4.74 Å². The molecule has 1 aliphatic heterocycles. The molecule has 2 aliphatic rings. The van der Waals surface area contributed by atoms with Gasteiger partial charge >= 0.3 is 0 Å². The van der Waals surface area contributed by atoms with Crippen LogP contribution in [0.4, 0.5) is 0 Å². The van der Waals surface area contributed by atoms with Crippen molar-refractivity contribution >= 4 is 11.5 Å². The number of rotatable bonds is 4. The van der Waals surface area contributed by atoms with Crippen LogP contribution in [0, 0.1) is 5.92 Å². The lowest BCUT2D eigenvalue weighted by Crippen LogP contribution is -2.28. The van der Waals surface area contributed by atoms with Crippen molar-refractivity contribution in [2.24, 2.45) is 11.0 Å². The molecule has 0 saturated heterocycles. The maximum Gasteiger partial charge on any atom is 0.154 e. The summed E-state index contributed by atoms with van der Waals surface area (Å²) in [5, 5.41) is 7.04. The first-order chi connectivity index (χ1) is 13.1. The fourth-order valence-electron chi connectivity index (χ4n) is 4.25. The van der Waals surface area contributed by atoms with Crippen LogP contribution < -0.4 is 4.74 Å². The predicted molar refractivity (Wildman–Crippen MR) is 107 cm³/mol. The number of aryl methyl sites for hydroxylation is 1. The van der Waals surface area contributed by atoms with Crippen LogP contribution >= 0.6 is 0 Å². The topological polar surface area (TPSA) is 41.9 Å². The molecule has 138 valence electrons. The van der Waals surface area contributed by atoms with Crippen LogP contribution in [-0.2, 0) is 11.2 Å². The number of methoxy groups -OCH3 is 1. The number of carbonyl (C=O) groups is 1. The Bertz CT molecular complexity index is 931.